The molecule has 1 fully saturated rings. The highest BCUT2D eigenvalue weighted by Gasteiger charge is 2.43. The number of benzene rings is 1. The molecule has 1 aromatic carbocycles. The molecular weight excluding hydrogens is 324 g/mol. The number of amidine groups is 1. The van der Waals surface area contributed by atoms with Gasteiger partial charge in [0.25, 0.3) is 0 Å². The van der Waals surface area contributed by atoms with Gasteiger partial charge in [-0.3, -0.25) is 14.6 Å². The third-order valence-electron chi connectivity index (χ3n) is 4.14. The summed E-state index contributed by atoms with van der Waals surface area (Å²) in [7, 11) is 6.13. The summed E-state index contributed by atoms with van der Waals surface area (Å²) in [5, 5.41) is 0. The Hall–Kier alpha value is -3.16. The molecule has 1 atom stereocenters. The highest BCUT2D eigenvalue weighted by Crippen LogP contribution is 2.33. The first kappa shape index (κ1) is 16.7. The number of fused-ring (bicyclic) bond motifs is 1. The van der Waals surface area contributed by atoms with Crippen molar-refractivity contribution >= 4 is 29.2 Å². The van der Waals surface area contributed by atoms with Crippen molar-refractivity contribution in [3.05, 3.63) is 30.5 Å². The van der Waals surface area contributed by atoms with Crippen molar-refractivity contribution in [1.29, 1.82) is 0 Å². The molecule has 0 aromatic heterocycles. The Kier molecular flexibility index (Phi) is 4.26. The fourth-order valence-corrected chi connectivity index (χ4v) is 2.75. The molecule has 2 aliphatic rings. The number of urea groups is 1. The predicted molar refractivity (Wildman–Crippen MR) is 92.6 cm³/mol. The van der Waals surface area contributed by atoms with Crippen LogP contribution >= 0.6 is 0 Å². The van der Waals surface area contributed by atoms with Crippen LogP contribution in [0.1, 0.15) is 0 Å². The van der Waals surface area contributed by atoms with E-state index in [2.05, 4.69) is 9.98 Å². The highest BCUT2D eigenvalue weighted by molar-refractivity contribution is 6.32. The van der Waals surface area contributed by atoms with Crippen LogP contribution in [0.5, 0.6) is 11.5 Å². The number of allylic oxidation sites excluding steroid dienone is 1. The molecule has 8 nitrogen and oxygen atoms in total. The number of carbonyl (C=O) groups is 2. The zero-order valence-corrected chi connectivity index (χ0v) is 14.4. The topological polar surface area (TPSA) is 83.8 Å². The molecule has 2 heterocycles. The summed E-state index contributed by atoms with van der Waals surface area (Å²) < 4.78 is 10.6. The van der Waals surface area contributed by atoms with Crippen LogP contribution in [0.3, 0.4) is 0 Å². The second kappa shape index (κ2) is 6.39. The summed E-state index contributed by atoms with van der Waals surface area (Å²) in [5.74, 6) is 0.414. The average Bonchev–Trinajstić information content (AvgIpc) is 2.64. The standard InChI is InChI=1S/C17H18N4O4/c1-20-15-14(16(22)21(2)17(20)23)11(7-8-18-15)19-12-9-10(24-3)5-6-13(12)25-4/h5-9,14H,1-4H3. The number of aliphatic imine (C=N–C) groups is 2. The summed E-state index contributed by atoms with van der Waals surface area (Å²) in [6.07, 6.45) is 3.18. The smallest absolute Gasteiger partial charge is 0.331 e. The van der Waals surface area contributed by atoms with Gasteiger partial charge in [-0.05, 0) is 18.2 Å². The molecule has 1 aromatic rings. The lowest BCUT2D eigenvalue weighted by molar-refractivity contribution is -0.128. The van der Waals surface area contributed by atoms with Gasteiger partial charge in [-0.25, -0.2) is 14.8 Å². The molecule has 0 radical (unpaired) electrons. The zero-order chi connectivity index (χ0) is 18.1. The highest BCUT2D eigenvalue weighted by atomic mass is 16.5. The Morgan fingerprint density at radius 3 is 2.56 bits per heavy atom. The quantitative estimate of drug-likeness (QED) is 0.839. The van der Waals surface area contributed by atoms with E-state index in [9.17, 15) is 9.59 Å². The molecule has 3 rings (SSSR count). The number of imide groups is 1. The Labute approximate surface area is 145 Å². The van der Waals surface area contributed by atoms with E-state index in [1.54, 1.807) is 45.5 Å². The maximum atomic E-state index is 12.6. The fraction of sp³-hybridized carbons (Fsp3) is 0.294. The number of methoxy groups -OCH3 is 2. The largest absolute Gasteiger partial charge is 0.497 e. The minimum absolute atomic E-state index is 0.358. The Balaban J connectivity index is 2.08. The van der Waals surface area contributed by atoms with E-state index in [0.717, 1.165) is 4.90 Å². The Morgan fingerprint density at radius 2 is 1.88 bits per heavy atom. The molecule has 3 amide bonds. The van der Waals surface area contributed by atoms with Gasteiger partial charge in [0.15, 0.2) is 0 Å². The van der Waals surface area contributed by atoms with E-state index in [1.807, 2.05) is 0 Å². The summed E-state index contributed by atoms with van der Waals surface area (Å²) in [5.41, 5.74) is 1.01. The van der Waals surface area contributed by atoms with Gasteiger partial charge in [-0.1, -0.05) is 0 Å². The van der Waals surface area contributed by atoms with Crippen LogP contribution in [0.4, 0.5) is 10.5 Å². The van der Waals surface area contributed by atoms with Crippen LogP contribution in [0.15, 0.2) is 40.5 Å². The predicted octanol–water partition coefficient (Wildman–Crippen LogP) is 1.84. The Bertz CT molecular complexity index is 828. The van der Waals surface area contributed by atoms with Crippen LogP contribution < -0.4 is 9.47 Å². The van der Waals surface area contributed by atoms with Crippen molar-refractivity contribution in [2.24, 2.45) is 15.9 Å². The summed E-state index contributed by atoms with van der Waals surface area (Å²) in [6, 6.07) is 4.80. The summed E-state index contributed by atoms with van der Waals surface area (Å²) in [4.78, 5) is 35.9. The van der Waals surface area contributed by atoms with Crippen LogP contribution in [0.25, 0.3) is 0 Å². The number of ether oxygens (including phenoxy) is 2. The molecule has 0 spiro atoms. The zero-order valence-electron chi connectivity index (χ0n) is 14.4. The molecule has 1 saturated heterocycles. The molecular formula is C17H18N4O4. The lowest BCUT2D eigenvalue weighted by Gasteiger charge is -2.36. The summed E-state index contributed by atoms with van der Waals surface area (Å²) in [6.45, 7) is 0. The van der Waals surface area contributed by atoms with Crippen molar-refractivity contribution in [3.63, 3.8) is 0 Å². The van der Waals surface area contributed by atoms with Crippen molar-refractivity contribution < 1.29 is 19.1 Å². The molecule has 0 bridgehead atoms. The van der Waals surface area contributed by atoms with Gasteiger partial charge in [0.2, 0.25) is 5.91 Å². The van der Waals surface area contributed by atoms with Gasteiger partial charge in [-0.2, -0.15) is 0 Å². The molecule has 130 valence electrons. The van der Waals surface area contributed by atoms with Crippen molar-refractivity contribution in [2.75, 3.05) is 28.3 Å². The van der Waals surface area contributed by atoms with Crippen molar-refractivity contribution in [1.82, 2.24) is 9.80 Å². The van der Waals surface area contributed by atoms with E-state index < -0.39 is 11.9 Å². The number of hydrogen-bond donors (Lipinski definition) is 0. The molecule has 8 heteroatoms. The van der Waals surface area contributed by atoms with Gasteiger partial charge >= 0.3 is 6.03 Å². The molecule has 0 aliphatic carbocycles. The number of amides is 3. The minimum Gasteiger partial charge on any atom is -0.497 e. The van der Waals surface area contributed by atoms with Crippen LogP contribution in [-0.4, -0.2) is 61.6 Å². The molecule has 1 unspecified atom stereocenters. The molecule has 0 saturated carbocycles. The fourth-order valence-electron chi connectivity index (χ4n) is 2.75. The van der Waals surface area contributed by atoms with Gasteiger partial charge in [0.05, 0.1) is 19.9 Å². The number of hydrogen-bond acceptors (Lipinski definition) is 6. The average molecular weight is 342 g/mol. The maximum Gasteiger partial charge on any atom is 0.331 e. The molecule has 0 N–H and O–H groups in total. The van der Waals surface area contributed by atoms with E-state index in [4.69, 9.17) is 9.47 Å². The normalized spacial score (nSPS) is 21.4. The molecule has 25 heavy (non-hydrogen) atoms. The first-order valence-corrected chi connectivity index (χ1v) is 7.58. The van der Waals surface area contributed by atoms with Gasteiger partial charge in [-0.15, -0.1) is 0 Å². The van der Waals surface area contributed by atoms with E-state index in [-0.39, 0.29) is 5.91 Å². The van der Waals surface area contributed by atoms with Crippen LogP contribution in [-0.2, 0) is 4.79 Å². The van der Waals surface area contributed by atoms with Gasteiger partial charge < -0.3 is 9.47 Å². The minimum atomic E-state index is -0.742. The first-order valence-electron chi connectivity index (χ1n) is 7.58. The number of nitrogens with zero attached hydrogens (tertiary/aromatic N) is 4. The maximum absolute atomic E-state index is 12.6. The van der Waals surface area contributed by atoms with Crippen molar-refractivity contribution in [2.45, 2.75) is 0 Å². The monoisotopic (exact) mass is 342 g/mol. The number of rotatable bonds is 3. The third-order valence-corrected chi connectivity index (χ3v) is 4.14. The number of carbonyl (C=O) groups excluding carboxylic acids is 2. The van der Waals surface area contributed by atoms with E-state index in [0.29, 0.717) is 28.7 Å². The first-order chi connectivity index (χ1) is 12.0. The SMILES string of the molecule is COc1ccc(OC)c(N=C2C=CN=C3C2C(=O)N(C)C(=O)N3C)c1. The van der Waals surface area contributed by atoms with Gasteiger partial charge in [0, 0.05) is 26.4 Å². The second-order valence-electron chi connectivity index (χ2n) is 5.55. The Morgan fingerprint density at radius 1 is 1.12 bits per heavy atom. The molecule has 2 aliphatic heterocycles. The van der Waals surface area contributed by atoms with E-state index in [1.165, 1.54) is 18.1 Å². The van der Waals surface area contributed by atoms with Crippen LogP contribution in [0.2, 0.25) is 0 Å². The lowest BCUT2D eigenvalue weighted by atomic mass is 9.95. The van der Waals surface area contributed by atoms with E-state index >= 15 is 0 Å². The second-order valence-corrected chi connectivity index (χ2v) is 5.55. The third kappa shape index (κ3) is 2.75. The lowest BCUT2D eigenvalue weighted by Crippen LogP contribution is -2.59. The summed E-state index contributed by atoms with van der Waals surface area (Å²) >= 11 is 0. The van der Waals surface area contributed by atoms with Crippen molar-refractivity contribution in [3.8, 4) is 11.5 Å². The van der Waals surface area contributed by atoms with Crippen LogP contribution in [0, 0.1) is 5.92 Å². The van der Waals surface area contributed by atoms with Gasteiger partial charge in [0.1, 0.15) is 28.9 Å².